The topological polar surface area (TPSA) is 24.7 Å². The molecule has 1 heterocycles. The van der Waals surface area contributed by atoms with Crippen molar-refractivity contribution in [2.75, 3.05) is 0 Å². The third-order valence-electron chi connectivity index (χ3n) is 1.72. The summed E-state index contributed by atoms with van der Waals surface area (Å²) in [5, 5.41) is 6.06. The van der Waals surface area contributed by atoms with Crippen molar-refractivity contribution in [3.8, 4) is 0 Å². The summed E-state index contributed by atoms with van der Waals surface area (Å²) in [6.45, 7) is 0. The largest absolute Gasteiger partial charge is 0.391 e. The number of alkyl halides is 6. The zero-order valence-electron chi connectivity index (χ0n) is 7.23. The van der Waals surface area contributed by atoms with E-state index in [1.54, 1.807) is 0 Å². The van der Waals surface area contributed by atoms with Gasteiger partial charge < -0.3 is 0 Å². The Morgan fingerprint density at radius 2 is 1.40 bits per heavy atom. The molecule has 0 fully saturated rings. The summed E-state index contributed by atoms with van der Waals surface area (Å²) in [6.07, 6.45) is -11.2. The summed E-state index contributed by atoms with van der Waals surface area (Å²) in [6, 6.07) is 0. The second kappa shape index (κ2) is 3.49. The molecule has 0 radical (unpaired) electrons. The van der Waals surface area contributed by atoms with Gasteiger partial charge in [0.2, 0.25) is 0 Å². The monoisotopic (exact) mass is 232 g/mol. The molecule has 1 aliphatic rings. The zero-order valence-corrected chi connectivity index (χ0v) is 7.23. The quantitative estimate of drug-likeness (QED) is 0.649. The number of rotatable bonds is 2. The van der Waals surface area contributed by atoms with Crippen molar-refractivity contribution in [3.63, 3.8) is 0 Å². The maximum Gasteiger partial charge on any atom is 0.391 e. The molecule has 0 aromatic carbocycles. The van der Waals surface area contributed by atoms with Crippen molar-refractivity contribution in [1.82, 2.24) is 0 Å². The van der Waals surface area contributed by atoms with Crippen LogP contribution >= 0.6 is 0 Å². The van der Waals surface area contributed by atoms with E-state index in [1.807, 2.05) is 0 Å². The Balaban J connectivity index is 2.82. The Kier molecular flexibility index (Phi) is 2.79. The van der Waals surface area contributed by atoms with Crippen LogP contribution in [0.15, 0.2) is 22.5 Å². The number of azo groups is 1. The van der Waals surface area contributed by atoms with Gasteiger partial charge in [-0.3, -0.25) is 0 Å². The molecule has 0 atom stereocenters. The molecule has 0 saturated heterocycles. The summed E-state index contributed by atoms with van der Waals surface area (Å²) in [5.41, 5.74) is -2.31. The van der Waals surface area contributed by atoms with Gasteiger partial charge >= 0.3 is 12.4 Å². The average molecular weight is 232 g/mol. The fourth-order valence-electron chi connectivity index (χ4n) is 1.30. The number of hydrogen-bond acceptors (Lipinski definition) is 2. The molecule has 0 aromatic rings. The normalized spacial score (nSPS) is 19.9. The molecule has 1 aliphatic heterocycles. The van der Waals surface area contributed by atoms with Crippen LogP contribution in [0.2, 0.25) is 0 Å². The summed E-state index contributed by atoms with van der Waals surface area (Å²) in [7, 11) is 0. The molecule has 0 aromatic heterocycles. The number of halogens is 6. The minimum atomic E-state index is -4.71. The SMILES string of the molecule is FC(F)(F)CC1(CC(F)(F)F)C=CN=N1. The lowest BCUT2D eigenvalue weighted by Gasteiger charge is -2.24. The highest BCUT2D eigenvalue weighted by atomic mass is 19.4. The van der Waals surface area contributed by atoms with Gasteiger partial charge in [-0.25, -0.2) is 0 Å². The standard InChI is InChI=1S/C7H6F6N2/c8-6(9,10)3-5(1-2-14-15-5)4-7(11,12)13/h1-2H,3-4H2. The Bertz CT molecular complexity index is 257. The lowest BCUT2D eigenvalue weighted by atomic mass is 9.92. The molecule has 0 unspecified atom stereocenters. The van der Waals surface area contributed by atoms with E-state index < -0.39 is 30.7 Å². The minimum absolute atomic E-state index is 0.730. The number of hydrogen-bond donors (Lipinski definition) is 0. The molecule has 1 rings (SSSR count). The highest BCUT2D eigenvalue weighted by molar-refractivity contribution is 5.11. The molecular weight excluding hydrogens is 226 g/mol. The fraction of sp³-hybridized carbons (Fsp3) is 0.714. The zero-order chi connectivity index (χ0) is 11.7. The molecule has 0 amide bonds. The van der Waals surface area contributed by atoms with Crippen LogP contribution in [0.5, 0.6) is 0 Å². The molecule has 0 aliphatic carbocycles. The Morgan fingerprint density at radius 3 is 1.67 bits per heavy atom. The van der Waals surface area contributed by atoms with E-state index in [-0.39, 0.29) is 0 Å². The van der Waals surface area contributed by atoms with Gasteiger partial charge in [0.1, 0.15) is 5.54 Å². The van der Waals surface area contributed by atoms with E-state index >= 15 is 0 Å². The molecule has 0 spiro atoms. The van der Waals surface area contributed by atoms with Crippen molar-refractivity contribution in [3.05, 3.63) is 12.3 Å². The van der Waals surface area contributed by atoms with Gasteiger partial charge in [-0.2, -0.15) is 36.6 Å². The van der Waals surface area contributed by atoms with Crippen LogP contribution < -0.4 is 0 Å². The van der Waals surface area contributed by atoms with Crippen LogP contribution in [-0.4, -0.2) is 17.9 Å². The molecule has 8 heteroatoms. The molecule has 15 heavy (non-hydrogen) atoms. The van der Waals surface area contributed by atoms with E-state index in [0.29, 0.717) is 0 Å². The molecule has 0 saturated carbocycles. The first-order valence-corrected chi connectivity index (χ1v) is 3.85. The molecular formula is C7H6F6N2. The molecule has 0 bridgehead atoms. The van der Waals surface area contributed by atoms with E-state index in [4.69, 9.17) is 0 Å². The smallest absolute Gasteiger partial charge is 0.178 e. The van der Waals surface area contributed by atoms with E-state index in [2.05, 4.69) is 10.2 Å². The molecule has 0 N–H and O–H groups in total. The Hall–Kier alpha value is -1.08. The van der Waals surface area contributed by atoms with E-state index in [9.17, 15) is 26.3 Å². The lowest BCUT2D eigenvalue weighted by Crippen LogP contribution is -2.34. The number of nitrogens with zero attached hydrogens (tertiary/aromatic N) is 2. The minimum Gasteiger partial charge on any atom is -0.178 e. The van der Waals surface area contributed by atoms with Gasteiger partial charge in [0, 0.05) is 6.20 Å². The van der Waals surface area contributed by atoms with Crippen LogP contribution in [0.4, 0.5) is 26.3 Å². The van der Waals surface area contributed by atoms with Crippen molar-refractivity contribution >= 4 is 0 Å². The third kappa shape index (κ3) is 3.88. The van der Waals surface area contributed by atoms with Crippen LogP contribution in [0, 0.1) is 0 Å². The fourth-order valence-corrected chi connectivity index (χ4v) is 1.30. The first kappa shape index (κ1) is 12.0. The van der Waals surface area contributed by atoms with Gasteiger partial charge in [-0.05, 0) is 6.08 Å². The van der Waals surface area contributed by atoms with Gasteiger partial charge in [-0.15, -0.1) is 0 Å². The summed E-state index contributed by atoms with van der Waals surface area (Å²) >= 11 is 0. The van der Waals surface area contributed by atoms with Crippen LogP contribution in [0.1, 0.15) is 12.8 Å². The van der Waals surface area contributed by atoms with Crippen molar-refractivity contribution in [2.24, 2.45) is 10.2 Å². The van der Waals surface area contributed by atoms with E-state index in [1.165, 1.54) is 0 Å². The van der Waals surface area contributed by atoms with Crippen molar-refractivity contribution < 1.29 is 26.3 Å². The highest BCUT2D eigenvalue weighted by Gasteiger charge is 2.49. The Labute approximate surface area is 80.7 Å². The molecule has 86 valence electrons. The lowest BCUT2D eigenvalue weighted by molar-refractivity contribution is -0.171. The van der Waals surface area contributed by atoms with Gasteiger partial charge in [0.05, 0.1) is 12.8 Å². The maximum atomic E-state index is 12.0. The summed E-state index contributed by atoms with van der Waals surface area (Å²) in [5.74, 6) is 0. The Morgan fingerprint density at radius 1 is 0.933 bits per heavy atom. The van der Waals surface area contributed by atoms with Gasteiger partial charge in [0.15, 0.2) is 0 Å². The third-order valence-corrected chi connectivity index (χ3v) is 1.72. The highest BCUT2D eigenvalue weighted by Crippen LogP contribution is 2.41. The van der Waals surface area contributed by atoms with Crippen LogP contribution in [0.25, 0.3) is 0 Å². The van der Waals surface area contributed by atoms with Crippen molar-refractivity contribution in [1.29, 1.82) is 0 Å². The maximum absolute atomic E-state index is 12.0. The molecule has 2 nitrogen and oxygen atoms in total. The first-order valence-electron chi connectivity index (χ1n) is 3.85. The summed E-state index contributed by atoms with van der Waals surface area (Å²) < 4.78 is 72.1. The van der Waals surface area contributed by atoms with Crippen LogP contribution in [-0.2, 0) is 0 Å². The average Bonchev–Trinajstić information content (AvgIpc) is 2.27. The predicted molar refractivity (Wildman–Crippen MR) is 38.1 cm³/mol. The van der Waals surface area contributed by atoms with Gasteiger partial charge in [0.25, 0.3) is 0 Å². The predicted octanol–water partition coefficient (Wildman–Crippen LogP) is 3.61. The van der Waals surface area contributed by atoms with E-state index in [0.717, 1.165) is 12.3 Å². The van der Waals surface area contributed by atoms with Crippen LogP contribution in [0.3, 0.4) is 0 Å². The van der Waals surface area contributed by atoms with Crippen molar-refractivity contribution in [2.45, 2.75) is 30.7 Å². The second-order valence-corrected chi connectivity index (χ2v) is 3.22. The van der Waals surface area contributed by atoms with Gasteiger partial charge in [-0.1, -0.05) is 0 Å². The first-order chi connectivity index (χ1) is 6.62. The second-order valence-electron chi connectivity index (χ2n) is 3.22. The summed E-state index contributed by atoms with van der Waals surface area (Å²) in [4.78, 5) is 0.